The Balaban J connectivity index is 0.000000172. The first-order valence-electron chi connectivity index (χ1n) is 6.19. The van der Waals surface area contributed by atoms with Gasteiger partial charge >= 0.3 is 6.18 Å². The summed E-state index contributed by atoms with van der Waals surface area (Å²) in [7, 11) is 0. The fourth-order valence-electron chi connectivity index (χ4n) is 1.67. The zero-order chi connectivity index (χ0) is 17.0. The third-order valence-electron chi connectivity index (χ3n) is 2.74. The Morgan fingerprint density at radius 1 is 1.04 bits per heavy atom. The minimum absolute atomic E-state index is 0.150. The second-order valence-electron chi connectivity index (χ2n) is 4.31. The largest absolute Gasteiger partial charge is 0.441 e. The molecular formula is C15H9Br2F3O3. The number of para-hydroxylation sites is 2. The third-order valence-corrected chi connectivity index (χ3v) is 3.80. The van der Waals surface area contributed by atoms with Crippen LogP contribution in [0.2, 0.25) is 0 Å². The van der Waals surface area contributed by atoms with E-state index < -0.39 is 11.7 Å². The van der Waals surface area contributed by atoms with E-state index in [1.807, 2.05) is 24.3 Å². The van der Waals surface area contributed by atoms with Crippen molar-refractivity contribution in [3.8, 4) is 11.5 Å². The van der Waals surface area contributed by atoms with E-state index in [4.69, 9.17) is 9.47 Å². The molecule has 0 aliphatic carbocycles. The maximum atomic E-state index is 12.1. The first-order chi connectivity index (χ1) is 10.8. The average molecular weight is 454 g/mol. The second kappa shape index (κ2) is 7.35. The van der Waals surface area contributed by atoms with Gasteiger partial charge in [0, 0.05) is 26.0 Å². The molecule has 1 aliphatic heterocycles. The lowest BCUT2D eigenvalue weighted by Crippen LogP contribution is -2.06. The zero-order valence-corrected chi connectivity index (χ0v) is 14.5. The van der Waals surface area contributed by atoms with E-state index in [0.29, 0.717) is 6.29 Å². The molecule has 1 aliphatic rings. The minimum atomic E-state index is -4.37. The van der Waals surface area contributed by atoms with Crippen LogP contribution < -0.4 is 9.47 Å². The van der Waals surface area contributed by atoms with Crippen LogP contribution in [0.25, 0.3) is 0 Å². The highest BCUT2D eigenvalue weighted by molar-refractivity contribution is 9.10. The molecule has 1 heterocycles. The third kappa shape index (κ3) is 4.71. The number of ether oxygens (including phenoxy) is 2. The molecule has 0 unspecified atom stereocenters. The fraction of sp³-hybridized carbons (Fsp3) is 0.133. The summed E-state index contributed by atoms with van der Waals surface area (Å²) in [6, 6.07) is 10.4. The van der Waals surface area contributed by atoms with Crippen molar-refractivity contribution in [2.45, 2.75) is 11.4 Å². The van der Waals surface area contributed by atoms with Crippen LogP contribution in [0.15, 0.2) is 46.9 Å². The molecule has 0 saturated heterocycles. The molecule has 3 rings (SSSR count). The Morgan fingerprint density at radius 3 is 2.04 bits per heavy atom. The van der Waals surface area contributed by atoms with Gasteiger partial charge in [-0.15, -0.1) is 0 Å². The molecule has 0 atom stereocenters. The number of halogens is 5. The van der Waals surface area contributed by atoms with E-state index in [1.54, 1.807) is 0 Å². The SMILES string of the molecule is BrC1Oc2ccccc2O1.O=Cc1ccc(C(F)(F)F)cc1Br. The van der Waals surface area contributed by atoms with Crippen LogP contribution in [0.5, 0.6) is 11.5 Å². The molecule has 0 amide bonds. The Labute approximate surface area is 146 Å². The molecule has 0 aromatic heterocycles. The van der Waals surface area contributed by atoms with Crippen LogP contribution in [-0.4, -0.2) is 11.5 Å². The number of carbonyl (C=O) groups excluding carboxylic acids is 1. The average Bonchev–Trinajstić information content (AvgIpc) is 2.87. The predicted molar refractivity (Wildman–Crippen MR) is 84.9 cm³/mol. The molecule has 0 spiro atoms. The number of carbonyl (C=O) groups is 1. The number of alkyl halides is 4. The van der Waals surface area contributed by atoms with Gasteiger partial charge in [-0.05, 0) is 30.3 Å². The van der Waals surface area contributed by atoms with Crippen molar-refractivity contribution in [1.29, 1.82) is 0 Å². The molecule has 23 heavy (non-hydrogen) atoms. The van der Waals surface area contributed by atoms with Gasteiger partial charge in [-0.25, -0.2) is 0 Å². The maximum Gasteiger partial charge on any atom is 0.416 e. The highest BCUT2D eigenvalue weighted by Gasteiger charge is 2.30. The Morgan fingerprint density at radius 2 is 1.61 bits per heavy atom. The summed E-state index contributed by atoms with van der Waals surface area (Å²) in [5.74, 6) is 1.59. The van der Waals surface area contributed by atoms with Crippen LogP contribution in [-0.2, 0) is 6.18 Å². The molecule has 2 aromatic rings. The van der Waals surface area contributed by atoms with Crippen molar-refractivity contribution in [2.75, 3.05) is 0 Å². The number of rotatable bonds is 1. The van der Waals surface area contributed by atoms with Gasteiger partial charge in [-0.3, -0.25) is 4.79 Å². The Bertz CT molecular complexity index is 680. The molecule has 0 radical (unpaired) electrons. The predicted octanol–water partition coefficient (Wildman–Crippen LogP) is 5.42. The number of fused-ring (bicyclic) bond motifs is 1. The summed E-state index contributed by atoms with van der Waals surface area (Å²) in [5, 5.41) is -0.315. The highest BCUT2D eigenvalue weighted by Crippen LogP contribution is 2.35. The Hall–Kier alpha value is -1.54. The first kappa shape index (κ1) is 17.8. The van der Waals surface area contributed by atoms with E-state index in [2.05, 4.69) is 31.9 Å². The van der Waals surface area contributed by atoms with Crippen LogP contribution in [0, 0.1) is 0 Å². The van der Waals surface area contributed by atoms with Gasteiger partial charge in [0.15, 0.2) is 17.8 Å². The van der Waals surface area contributed by atoms with E-state index in [9.17, 15) is 18.0 Å². The summed E-state index contributed by atoms with van der Waals surface area (Å²) in [4.78, 5) is 10.3. The maximum absolute atomic E-state index is 12.1. The number of hydrogen-bond acceptors (Lipinski definition) is 3. The van der Waals surface area contributed by atoms with E-state index in [-0.39, 0.29) is 15.2 Å². The van der Waals surface area contributed by atoms with Crippen LogP contribution in [0.3, 0.4) is 0 Å². The lowest BCUT2D eigenvalue weighted by Gasteiger charge is -2.07. The summed E-state index contributed by atoms with van der Waals surface area (Å²) in [6.07, 6.45) is -3.88. The summed E-state index contributed by atoms with van der Waals surface area (Å²) in [6.45, 7) is 0. The van der Waals surface area contributed by atoms with Crippen molar-refractivity contribution in [3.05, 3.63) is 58.1 Å². The lowest BCUT2D eigenvalue weighted by atomic mass is 10.1. The highest BCUT2D eigenvalue weighted by atomic mass is 79.9. The number of hydrogen-bond donors (Lipinski definition) is 0. The van der Waals surface area contributed by atoms with E-state index >= 15 is 0 Å². The van der Waals surface area contributed by atoms with Gasteiger partial charge in [0.1, 0.15) is 0 Å². The van der Waals surface area contributed by atoms with Gasteiger partial charge in [0.05, 0.1) is 5.56 Å². The molecule has 0 fully saturated rings. The van der Waals surface area contributed by atoms with Crippen LogP contribution in [0.1, 0.15) is 15.9 Å². The first-order valence-corrected chi connectivity index (χ1v) is 7.90. The smallest absolute Gasteiger partial charge is 0.416 e. The van der Waals surface area contributed by atoms with E-state index in [1.165, 1.54) is 0 Å². The lowest BCUT2D eigenvalue weighted by molar-refractivity contribution is -0.137. The summed E-state index contributed by atoms with van der Waals surface area (Å²) < 4.78 is 46.8. The quantitative estimate of drug-likeness (QED) is 0.427. The molecule has 3 nitrogen and oxygen atoms in total. The molecule has 122 valence electrons. The van der Waals surface area contributed by atoms with Gasteiger partial charge in [0.2, 0.25) is 0 Å². The molecule has 8 heteroatoms. The van der Waals surface area contributed by atoms with Crippen LogP contribution in [0.4, 0.5) is 13.2 Å². The molecule has 2 aromatic carbocycles. The summed E-state index contributed by atoms with van der Waals surface area (Å²) >= 11 is 6.04. The van der Waals surface area contributed by atoms with Crippen molar-refractivity contribution in [3.63, 3.8) is 0 Å². The fourth-order valence-corrected chi connectivity index (χ4v) is 2.54. The Kier molecular flexibility index (Phi) is 5.69. The normalized spacial score (nSPS) is 13.3. The number of benzene rings is 2. The van der Waals surface area contributed by atoms with Crippen molar-refractivity contribution in [1.82, 2.24) is 0 Å². The second-order valence-corrected chi connectivity index (χ2v) is 5.91. The van der Waals surface area contributed by atoms with Gasteiger partial charge < -0.3 is 9.47 Å². The van der Waals surface area contributed by atoms with Gasteiger partial charge in [0.25, 0.3) is 5.20 Å². The number of aldehydes is 1. The van der Waals surface area contributed by atoms with Gasteiger partial charge in [-0.1, -0.05) is 28.1 Å². The van der Waals surface area contributed by atoms with Crippen LogP contribution >= 0.6 is 31.9 Å². The molecule has 0 N–H and O–H groups in total. The van der Waals surface area contributed by atoms with Crippen molar-refractivity contribution < 1.29 is 27.4 Å². The monoisotopic (exact) mass is 452 g/mol. The van der Waals surface area contributed by atoms with Crippen molar-refractivity contribution in [2.24, 2.45) is 0 Å². The zero-order valence-electron chi connectivity index (χ0n) is 11.3. The minimum Gasteiger partial charge on any atom is -0.441 e. The van der Waals surface area contributed by atoms with E-state index in [0.717, 1.165) is 29.7 Å². The summed E-state index contributed by atoms with van der Waals surface area (Å²) in [5.41, 5.74) is -0.571. The molecular weight excluding hydrogens is 445 g/mol. The van der Waals surface area contributed by atoms with Crippen molar-refractivity contribution >= 4 is 38.1 Å². The standard InChI is InChI=1S/C8H4BrF3O.C7H5BrO2/c9-7-3-6(8(10,11)12)2-1-5(7)4-13;8-7-9-5-3-1-2-4-6(5)10-7/h1-4H;1-4,7H. The molecule has 0 saturated carbocycles. The van der Waals surface area contributed by atoms with Gasteiger partial charge in [-0.2, -0.15) is 13.2 Å². The molecule has 0 bridgehead atoms. The topological polar surface area (TPSA) is 35.5 Å².